The summed E-state index contributed by atoms with van der Waals surface area (Å²) in [4.78, 5) is 8.86. The van der Waals surface area contributed by atoms with E-state index in [2.05, 4.69) is 9.97 Å². The maximum Gasteiger partial charge on any atom is 0.140 e. The summed E-state index contributed by atoms with van der Waals surface area (Å²) < 4.78 is 13.0. The first-order valence-electron chi connectivity index (χ1n) is 6.33. The van der Waals surface area contributed by atoms with Gasteiger partial charge in [0.05, 0.1) is 0 Å². The van der Waals surface area contributed by atoms with E-state index in [9.17, 15) is 4.39 Å². The normalized spacial score (nSPS) is 11.6. The van der Waals surface area contributed by atoms with Crippen LogP contribution in [0.25, 0.3) is 0 Å². The first kappa shape index (κ1) is 13.5. The van der Waals surface area contributed by atoms with Crippen molar-refractivity contribution in [2.45, 2.75) is 32.6 Å². The van der Waals surface area contributed by atoms with Crippen molar-refractivity contribution in [1.82, 2.24) is 9.97 Å². The maximum absolute atomic E-state index is 13.0. The van der Waals surface area contributed by atoms with Gasteiger partial charge in [-0.3, -0.25) is 0 Å². The number of halogens is 1. The lowest BCUT2D eigenvalue weighted by atomic mass is 9.83. The van der Waals surface area contributed by atoms with E-state index in [1.54, 1.807) is 18.2 Å². The van der Waals surface area contributed by atoms with Gasteiger partial charge in [-0.1, -0.05) is 19.1 Å². The van der Waals surface area contributed by atoms with Crippen LogP contribution in [0.4, 0.5) is 10.2 Å². The van der Waals surface area contributed by atoms with Crippen LogP contribution in [0.3, 0.4) is 0 Å². The Morgan fingerprint density at radius 2 is 1.79 bits per heavy atom. The van der Waals surface area contributed by atoms with Crippen molar-refractivity contribution < 1.29 is 4.39 Å². The molecule has 19 heavy (non-hydrogen) atoms. The van der Waals surface area contributed by atoms with E-state index in [-0.39, 0.29) is 5.82 Å². The van der Waals surface area contributed by atoms with Gasteiger partial charge in [0.2, 0.25) is 0 Å². The van der Waals surface area contributed by atoms with Gasteiger partial charge in [0.1, 0.15) is 17.5 Å². The molecule has 1 heterocycles. The van der Waals surface area contributed by atoms with Gasteiger partial charge in [0, 0.05) is 17.2 Å². The van der Waals surface area contributed by atoms with Crippen LogP contribution >= 0.6 is 0 Å². The Balaban J connectivity index is 2.49. The Labute approximate surface area is 112 Å². The summed E-state index contributed by atoms with van der Waals surface area (Å²) >= 11 is 0. The molecule has 0 atom stereocenters. The van der Waals surface area contributed by atoms with Gasteiger partial charge in [-0.25, -0.2) is 14.4 Å². The van der Waals surface area contributed by atoms with E-state index in [0.717, 1.165) is 17.7 Å². The summed E-state index contributed by atoms with van der Waals surface area (Å²) in [5.74, 6) is 0.885. The number of hydrogen-bond acceptors (Lipinski definition) is 3. The number of benzene rings is 1. The lowest BCUT2D eigenvalue weighted by Crippen LogP contribution is -2.23. The van der Waals surface area contributed by atoms with Gasteiger partial charge < -0.3 is 5.73 Å². The van der Waals surface area contributed by atoms with Crippen LogP contribution in [0.5, 0.6) is 0 Å². The molecule has 3 nitrogen and oxygen atoms in total. The summed E-state index contributed by atoms with van der Waals surface area (Å²) in [6, 6.07) is 8.19. The summed E-state index contributed by atoms with van der Waals surface area (Å²) in [7, 11) is 0. The number of rotatable bonds is 3. The minimum atomic E-state index is -0.410. The number of aryl methyl sites for hydroxylation is 1. The van der Waals surface area contributed by atoms with Crippen LogP contribution in [0.2, 0.25) is 0 Å². The van der Waals surface area contributed by atoms with E-state index in [1.165, 1.54) is 12.1 Å². The number of hydrogen-bond donors (Lipinski definition) is 1. The lowest BCUT2D eigenvalue weighted by Gasteiger charge is -2.24. The van der Waals surface area contributed by atoms with Crippen LogP contribution < -0.4 is 5.73 Å². The Hall–Kier alpha value is -1.97. The highest BCUT2D eigenvalue weighted by atomic mass is 19.1. The monoisotopic (exact) mass is 259 g/mol. The molecule has 100 valence electrons. The van der Waals surface area contributed by atoms with Gasteiger partial charge in [0.25, 0.3) is 0 Å². The van der Waals surface area contributed by atoms with Gasteiger partial charge in [-0.05, 0) is 38.0 Å². The van der Waals surface area contributed by atoms with Crippen LogP contribution in [0.15, 0.2) is 30.3 Å². The van der Waals surface area contributed by atoms with Crippen LogP contribution in [0.1, 0.15) is 37.9 Å². The largest absolute Gasteiger partial charge is 0.384 e. The topological polar surface area (TPSA) is 51.8 Å². The zero-order valence-corrected chi connectivity index (χ0v) is 11.4. The summed E-state index contributed by atoms with van der Waals surface area (Å²) in [5, 5.41) is 0. The standard InChI is InChI=1S/C15H18FN3/c1-4-12-9-13(17)19-14(18-12)15(2,3)10-5-7-11(16)8-6-10/h5-9H,4H2,1-3H3,(H2,17,18,19). The average Bonchev–Trinajstić information content (AvgIpc) is 2.38. The fourth-order valence-corrected chi connectivity index (χ4v) is 1.97. The quantitative estimate of drug-likeness (QED) is 0.921. The highest BCUT2D eigenvalue weighted by Crippen LogP contribution is 2.29. The van der Waals surface area contributed by atoms with Crippen LogP contribution in [-0.4, -0.2) is 9.97 Å². The molecular formula is C15H18FN3. The zero-order chi connectivity index (χ0) is 14.0. The molecule has 2 aromatic rings. The van der Waals surface area contributed by atoms with Crippen molar-refractivity contribution in [2.75, 3.05) is 5.73 Å². The fraction of sp³-hybridized carbons (Fsp3) is 0.333. The second kappa shape index (κ2) is 4.96. The Kier molecular flexibility index (Phi) is 3.51. The van der Waals surface area contributed by atoms with E-state index in [1.807, 2.05) is 20.8 Å². The first-order chi connectivity index (χ1) is 8.93. The van der Waals surface area contributed by atoms with E-state index in [0.29, 0.717) is 11.6 Å². The second-order valence-electron chi connectivity index (χ2n) is 5.09. The number of nitrogens with zero attached hydrogens (tertiary/aromatic N) is 2. The van der Waals surface area contributed by atoms with Gasteiger partial charge in [0.15, 0.2) is 0 Å². The second-order valence-corrected chi connectivity index (χ2v) is 5.09. The molecule has 0 aliphatic heterocycles. The Bertz CT molecular complexity index is 576. The molecule has 0 fully saturated rings. The summed E-state index contributed by atoms with van der Waals surface area (Å²) in [6.07, 6.45) is 0.805. The third kappa shape index (κ3) is 2.72. The van der Waals surface area contributed by atoms with Crippen molar-refractivity contribution in [2.24, 2.45) is 0 Å². The average molecular weight is 259 g/mol. The molecule has 0 aliphatic carbocycles. The molecule has 0 saturated carbocycles. The molecule has 4 heteroatoms. The molecule has 1 aromatic heterocycles. The van der Waals surface area contributed by atoms with E-state index < -0.39 is 5.41 Å². The molecule has 0 saturated heterocycles. The van der Waals surface area contributed by atoms with Crippen molar-refractivity contribution in [1.29, 1.82) is 0 Å². The lowest BCUT2D eigenvalue weighted by molar-refractivity contribution is 0.580. The van der Waals surface area contributed by atoms with E-state index in [4.69, 9.17) is 5.73 Å². The van der Waals surface area contributed by atoms with Crippen molar-refractivity contribution in [3.63, 3.8) is 0 Å². The highest BCUT2D eigenvalue weighted by molar-refractivity contribution is 5.36. The molecule has 0 bridgehead atoms. The maximum atomic E-state index is 13.0. The Morgan fingerprint density at radius 1 is 1.16 bits per heavy atom. The zero-order valence-electron chi connectivity index (χ0n) is 11.4. The smallest absolute Gasteiger partial charge is 0.140 e. The SMILES string of the molecule is CCc1cc(N)nc(C(C)(C)c2ccc(F)cc2)n1. The molecule has 0 unspecified atom stereocenters. The van der Waals surface area contributed by atoms with Gasteiger partial charge in [-0.2, -0.15) is 0 Å². The molecular weight excluding hydrogens is 241 g/mol. The van der Waals surface area contributed by atoms with Crippen molar-refractivity contribution >= 4 is 5.82 Å². The minimum absolute atomic E-state index is 0.248. The van der Waals surface area contributed by atoms with Gasteiger partial charge in [-0.15, -0.1) is 0 Å². The number of nitrogens with two attached hydrogens (primary N) is 1. The summed E-state index contributed by atoms with van der Waals surface area (Å²) in [5.41, 5.74) is 7.29. The highest BCUT2D eigenvalue weighted by Gasteiger charge is 2.27. The summed E-state index contributed by atoms with van der Waals surface area (Å²) in [6.45, 7) is 6.04. The number of anilines is 1. The molecule has 0 aliphatic rings. The van der Waals surface area contributed by atoms with E-state index >= 15 is 0 Å². The van der Waals surface area contributed by atoms with Crippen LogP contribution in [-0.2, 0) is 11.8 Å². The predicted molar refractivity (Wildman–Crippen MR) is 74.4 cm³/mol. The van der Waals surface area contributed by atoms with Crippen molar-refractivity contribution in [3.8, 4) is 0 Å². The molecule has 0 spiro atoms. The number of nitrogen functional groups attached to an aromatic ring is 1. The molecule has 0 amide bonds. The van der Waals surface area contributed by atoms with Crippen LogP contribution in [0, 0.1) is 5.82 Å². The third-order valence-electron chi connectivity index (χ3n) is 3.29. The third-order valence-corrected chi connectivity index (χ3v) is 3.29. The fourth-order valence-electron chi connectivity index (χ4n) is 1.97. The van der Waals surface area contributed by atoms with Gasteiger partial charge >= 0.3 is 0 Å². The molecule has 0 radical (unpaired) electrons. The Morgan fingerprint density at radius 3 is 2.37 bits per heavy atom. The molecule has 2 N–H and O–H groups in total. The molecule has 2 rings (SSSR count). The first-order valence-corrected chi connectivity index (χ1v) is 6.33. The van der Waals surface area contributed by atoms with Crippen molar-refractivity contribution in [3.05, 3.63) is 53.2 Å². The number of aromatic nitrogens is 2. The predicted octanol–water partition coefficient (Wildman–Crippen LogP) is 3.09. The molecule has 1 aromatic carbocycles. The minimum Gasteiger partial charge on any atom is -0.384 e.